The first-order chi connectivity index (χ1) is 8.70. The van der Waals surface area contributed by atoms with Gasteiger partial charge in [-0.1, -0.05) is 6.92 Å². The Hall–Kier alpha value is -0.610. The van der Waals surface area contributed by atoms with E-state index in [2.05, 4.69) is 12.2 Å². The number of likely N-dealkylation sites (N-methyl/N-ethyl adjacent to an activating group) is 1. The Morgan fingerprint density at radius 3 is 2.94 bits per heavy atom. The molecule has 0 amide bonds. The van der Waals surface area contributed by atoms with Crippen LogP contribution >= 0.6 is 11.8 Å². The fourth-order valence-corrected chi connectivity index (χ4v) is 3.85. The normalized spacial score (nSPS) is 21.2. The van der Waals surface area contributed by atoms with Gasteiger partial charge in [-0.05, 0) is 55.3 Å². The van der Waals surface area contributed by atoms with Crippen molar-refractivity contribution in [1.82, 2.24) is 5.32 Å². The quantitative estimate of drug-likeness (QED) is 0.881. The Morgan fingerprint density at radius 1 is 1.44 bits per heavy atom. The highest BCUT2D eigenvalue weighted by molar-refractivity contribution is 8.00. The molecule has 2 unspecified atom stereocenters. The van der Waals surface area contributed by atoms with Crippen LogP contribution in [0.2, 0.25) is 0 Å². The predicted molar refractivity (Wildman–Crippen MR) is 73.0 cm³/mol. The van der Waals surface area contributed by atoms with Gasteiger partial charge in [0.05, 0.1) is 0 Å². The predicted octanol–water partition coefficient (Wildman–Crippen LogP) is 3.38. The van der Waals surface area contributed by atoms with Crippen LogP contribution in [0.15, 0.2) is 18.2 Å². The van der Waals surface area contributed by atoms with E-state index in [9.17, 15) is 8.78 Å². The van der Waals surface area contributed by atoms with Gasteiger partial charge < -0.3 is 5.32 Å². The van der Waals surface area contributed by atoms with Crippen LogP contribution in [0.5, 0.6) is 0 Å². The molecule has 0 saturated carbocycles. The number of halogens is 2. The van der Waals surface area contributed by atoms with Crippen molar-refractivity contribution in [3.8, 4) is 0 Å². The molecule has 1 aliphatic heterocycles. The molecule has 0 aliphatic carbocycles. The van der Waals surface area contributed by atoms with Gasteiger partial charge in [0.25, 0.3) is 0 Å². The number of benzene rings is 1. The van der Waals surface area contributed by atoms with Gasteiger partial charge in [0.15, 0.2) is 0 Å². The molecular weight excluding hydrogens is 252 g/mol. The molecule has 1 heterocycles. The topological polar surface area (TPSA) is 12.0 Å². The molecule has 1 N–H and O–H groups in total. The van der Waals surface area contributed by atoms with Crippen molar-refractivity contribution < 1.29 is 8.78 Å². The first kappa shape index (κ1) is 13.8. The molecule has 18 heavy (non-hydrogen) atoms. The molecule has 2 atom stereocenters. The maximum absolute atomic E-state index is 13.7. The summed E-state index contributed by atoms with van der Waals surface area (Å²) in [6, 6.07) is 3.94. The number of rotatable bonds is 5. The average Bonchev–Trinajstić information content (AvgIpc) is 2.87. The van der Waals surface area contributed by atoms with Crippen molar-refractivity contribution in [2.45, 2.75) is 37.5 Å². The fourth-order valence-electron chi connectivity index (χ4n) is 2.45. The second-order valence-electron chi connectivity index (χ2n) is 4.66. The molecule has 1 saturated heterocycles. The van der Waals surface area contributed by atoms with Gasteiger partial charge in [-0.15, -0.1) is 0 Å². The Balaban J connectivity index is 2.09. The third-order valence-corrected chi connectivity index (χ3v) is 4.84. The lowest BCUT2D eigenvalue weighted by molar-refractivity contribution is 0.481. The lowest BCUT2D eigenvalue weighted by Gasteiger charge is -2.24. The maximum Gasteiger partial charge on any atom is 0.126 e. The van der Waals surface area contributed by atoms with E-state index in [1.165, 1.54) is 36.8 Å². The standard InChI is InChI=1S/C14H19F2NS/c1-2-17-13(14-4-3-7-18-14)9-10-8-11(15)5-6-12(10)16/h5-6,8,13-14,17H,2-4,7,9H2,1H3. The minimum atomic E-state index is -0.360. The molecule has 100 valence electrons. The van der Waals surface area contributed by atoms with Crippen LogP contribution in [-0.4, -0.2) is 23.6 Å². The van der Waals surface area contributed by atoms with Crippen LogP contribution in [0.25, 0.3) is 0 Å². The first-order valence-corrected chi connectivity index (χ1v) is 7.54. The minimum absolute atomic E-state index is 0.235. The monoisotopic (exact) mass is 271 g/mol. The van der Waals surface area contributed by atoms with Gasteiger partial charge in [0.1, 0.15) is 11.6 Å². The van der Waals surface area contributed by atoms with Gasteiger partial charge in [0, 0.05) is 11.3 Å². The molecule has 4 heteroatoms. The van der Waals surface area contributed by atoms with E-state index in [0.29, 0.717) is 17.2 Å². The summed E-state index contributed by atoms with van der Waals surface area (Å²) in [4.78, 5) is 0. The number of thioether (sulfide) groups is 1. The highest BCUT2D eigenvalue weighted by Crippen LogP contribution is 2.30. The van der Waals surface area contributed by atoms with Gasteiger partial charge in [0.2, 0.25) is 0 Å². The third kappa shape index (κ3) is 3.45. The van der Waals surface area contributed by atoms with E-state index in [4.69, 9.17) is 0 Å². The first-order valence-electron chi connectivity index (χ1n) is 6.49. The van der Waals surface area contributed by atoms with Gasteiger partial charge >= 0.3 is 0 Å². The van der Waals surface area contributed by atoms with E-state index < -0.39 is 0 Å². The second kappa shape index (κ2) is 6.53. The van der Waals surface area contributed by atoms with Crippen LogP contribution in [0.1, 0.15) is 25.3 Å². The van der Waals surface area contributed by atoms with E-state index in [1.54, 1.807) is 0 Å². The molecule has 1 fully saturated rings. The Kier molecular flexibility index (Phi) is 5.01. The summed E-state index contributed by atoms with van der Waals surface area (Å²) in [5, 5.41) is 3.93. The number of hydrogen-bond acceptors (Lipinski definition) is 2. The van der Waals surface area contributed by atoms with Crippen LogP contribution in [-0.2, 0) is 6.42 Å². The molecule has 2 rings (SSSR count). The zero-order valence-corrected chi connectivity index (χ0v) is 11.4. The minimum Gasteiger partial charge on any atom is -0.313 e. The summed E-state index contributed by atoms with van der Waals surface area (Å²) < 4.78 is 26.8. The van der Waals surface area contributed by atoms with Crippen molar-refractivity contribution in [3.05, 3.63) is 35.4 Å². The molecule has 0 aromatic heterocycles. The summed E-state index contributed by atoms with van der Waals surface area (Å²) in [6.45, 7) is 2.91. The van der Waals surface area contributed by atoms with Crippen molar-refractivity contribution in [2.24, 2.45) is 0 Å². The summed E-state index contributed by atoms with van der Waals surface area (Å²) in [5.41, 5.74) is 0.480. The summed E-state index contributed by atoms with van der Waals surface area (Å²) in [7, 11) is 0. The summed E-state index contributed by atoms with van der Waals surface area (Å²) in [5.74, 6) is 0.515. The Labute approximate surface area is 111 Å². The van der Waals surface area contributed by atoms with Gasteiger partial charge in [-0.3, -0.25) is 0 Å². The number of hydrogen-bond donors (Lipinski definition) is 1. The second-order valence-corrected chi connectivity index (χ2v) is 6.00. The van der Waals surface area contributed by atoms with E-state index in [0.717, 1.165) is 6.54 Å². The molecular formula is C14H19F2NS. The summed E-state index contributed by atoms with van der Waals surface area (Å²) in [6.07, 6.45) is 2.96. The largest absolute Gasteiger partial charge is 0.313 e. The molecule has 0 bridgehead atoms. The van der Waals surface area contributed by atoms with Crippen molar-refractivity contribution in [2.75, 3.05) is 12.3 Å². The van der Waals surface area contributed by atoms with E-state index >= 15 is 0 Å². The van der Waals surface area contributed by atoms with E-state index in [1.807, 2.05) is 11.8 Å². The summed E-state index contributed by atoms with van der Waals surface area (Å²) >= 11 is 1.94. The van der Waals surface area contributed by atoms with E-state index in [-0.39, 0.29) is 17.7 Å². The van der Waals surface area contributed by atoms with Crippen molar-refractivity contribution in [3.63, 3.8) is 0 Å². The molecule has 1 aromatic carbocycles. The van der Waals surface area contributed by atoms with Gasteiger partial charge in [-0.25, -0.2) is 8.78 Å². The molecule has 1 aromatic rings. The van der Waals surface area contributed by atoms with Crippen LogP contribution in [0, 0.1) is 11.6 Å². The van der Waals surface area contributed by atoms with Crippen molar-refractivity contribution in [1.29, 1.82) is 0 Å². The Morgan fingerprint density at radius 2 is 2.28 bits per heavy atom. The highest BCUT2D eigenvalue weighted by atomic mass is 32.2. The van der Waals surface area contributed by atoms with Crippen molar-refractivity contribution >= 4 is 11.8 Å². The third-order valence-electron chi connectivity index (χ3n) is 3.33. The fraction of sp³-hybridized carbons (Fsp3) is 0.571. The molecule has 1 aliphatic rings. The van der Waals surface area contributed by atoms with Crippen LogP contribution in [0.4, 0.5) is 8.78 Å². The average molecular weight is 271 g/mol. The molecule has 0 spiro atoms. The highest BCUT2D eigenvalue weighted by Gasteiger charge is 2.25. The number of nitrogens with one attached hydrogen (secondary N) is 1. The maximum atomic E-state index is 13.7. The molecule has 0 radical (unpaired) electrons. The molecule has 1 nitrogen and oxygen atoms in total. The zero-order valence-electron chi connectivity index (χ0n) is 10.6. The SMILES string of the molecule is CCNC(Cc1cc(F)ccc1F)C1CCCS1. The van der Waals surface area contributed by atoms with Gasteiger partial charge in [-0.2, -0.15) is 11.8 Å². The van der Waals surface area contributed by atoms with Crippen LogP contribution in [0.3, 0.4) is 0 Å². The smallest absolute Gasteiger partial charge is 0.126 e. The van der Waals surface area contributed by atoms with Crippen LogP contribution < -0.4 is 5.32 Å². The Bertz CT molecular complexity index is 391. The zero-order chi connectivity index (χ0) is 13.0. The lowest BCUT2D eigenvalue weighted by atomic mass is 10.00. The lowest BCUT2D eigenvalue weighted by Crippen LogP contribution is -2.39.